The average molecular weight is 237 g/mol. The largest absolute Gasteiger partial charge is 0.454 e. The fraction of sp³-hybridized carbons (Fsp3) is 0.417. The van der Waals surface area contributed by atoms with Crippen molar-refractivity contribution in [1.29, 1.82) is 0 Å². The zero-order valence-corrected chi connectivity index (χ0v) is 10.1. The normalized spacial score (nSPS) is 13.6. The Morgan fingerprint density at radius 1 is 1.35 bits per heavy atom. The number of carbonyl (C=O) groups excluding carboxylic acids is 1. The molecule has 0 bridgehead atoms. The first kappa shape index (κ1) is 11.7. The second kappa shape index (κ2) is 3.92. The van der Waals surface area contributed by atoms with Gasteiger partial charge in [-0.2, -0.15) is 0 Å². The second-order valence-corrected chi connectivity index (χ2v) is 4.46. The molecule has 5 nitrogen and oxygen atoms in total. The third kappa shape index (κ3) is 2.19. The molecule has 0 fully saturated rings. The second-order valence-electron chi connectivity index (χ2n) is 4.46. The number of hydrogen-bond acceptors (Lipinski definition) is 4. The average Bonchev–Trinajstić information content (AvgIpc) is 2.72. The number of aliphatic hydroxyl groups is 1. The zero-order valence-electron chi connectivity index (χ0n) is 10.1. The maximum Gasteiger partial charge on any atom is 0.258 e. The predicted octanol–water partition coefficient (Wildman–Crippen LogP) is 1.15. The standard InChI is InChI=1S/C12H15NO4/c1-12(2,15)11(14)13(3)8-4-5-9-10(6-8)17-7-16-9/h4-6,15H,7H2,1-3H3. The first-order valence-electron chi connectivity index (χ1n) is 5.30. The number of benzene rings is 1. The Balaban J connectivity index is 2.26. The predicted molar refractivity (Wildman–Crippen MR) is 62.3 cm³/mol. The van der Waals surface area contributed by atoms with E-state index >= 15 is 0 Å². The van der Waals surface area contributed by atoms with Crippen molar-refractivity contribution < 1.29 is 19.4 Å². The first-order chi connectivity index (χ1) is 7.89. The lowest BCUT2D eigenvalue weighted by atomic mass is 10.1. The number of amides is 1. The van der Waals surface area contributed by atoms with Crippen LogP contribution in [0.25, 0.3) is 0 Å². The fourth-order valence-electron chi connectivity index (χ4n) is 1.62. The van der Waals surface area contributed by atoms with E-state index < -0.39 is 5.60 Å². The van der Waals surface area contributed by atoms with E-state index in [0.717, 1.165) is 0 Å². The molecule has 0 spiro atoms. The van der Waals surface area contributed by atoms with Crippen molar-refractivity contribution >= 4 is 11.6 Å². The van der Waals surface area contributed by atoms with Gasteiger partial charge in [-0.05, 0) is 26.0 Å². The molecule has 92 valence electrons. The van der Waals surface area contributed by atoms with Gasteiger partial charge in [0.15, 0.2) is 11.5 Å². The van der Waals surface area contributed by atoms with Crippen LogP contribution in [0.4, 0.5) is 5.69 Å². The Morgan fingerprint density at radius 3 is 2.65 bits per heavy atom. The van der Waals surface area contributed by atoms with E-state index in [0.29, 0.717) is 17.2 Å². The summed E-state index contributed by atoms with van der Waals surface area (Å²) in [6, 6.07) is 5.20. The quantitative estimate of drug-likeness (QED) is 0.838. The highest BCUT2D eigenvalue weighted by atomic mass is 16.7. The number of hydrogen-bond donors (Lipinski definition) is 1. The van der Waals surface area contributed by atoms with Crippen molar-refractivity contribution in [3.8, 4) is 11.5 Å². The van der Waals surface area contributed by atoms with Crippen LogP contribution in [0.15, 0.2) is 18.2 Å². The van der Waals surface area contributed by atoms with E-state index in [1.165, 1.54) is 18.7 Å². The van der Waals surface area contributed by atoms with Gasteiger partial charge in [0.25, 0.3) is 5.91 Å². The summed E-state index contributed by atoms with van der Waals surface area (Å²) >= 11 is 0. The Kier molecular flexibility index (Phi) is 2.71. The van der Waals surface area contributed by atoms with Crippen LogP contribution < -0.4 is 14.4 Å². The van der Waals surface area contributed by atoms with Crippen molar-refractivity contribution in [2.75, 3.05) is 18.7 Å². The van der Waals surface area contributed by atoms with Crippen LogP contribution in [0.2, 0.25) is 0 Å². The molecule has 0 unspecified atom stereocenters. The minimum atomic E-state index is -1.40. The lowest BCUT2D eigenvalue weighted by Crippen LogP contribution is -2.43. The molecule has 1 N–H and O–H groups in total. The molecule has 0 radical (unpaired) electrons. The lowest BCUT2D eigenvalue weighted by molar-refractivity contribution is -0.133. The summed E-state index contributed by atoms with van der Waals surface area (Å²) in [7, 11) is 1.61. The molecule has 17 heavy (non-hydrogen) atoms. The summed E-state index contributed by atoms with van der Waals surface area (Å²) < 4.78 is 10.4. The van der Waals surface area contributed by atoms with Gasteiger partial charge in [-0.1, -0.05) is 0 Å². The maximum absolute atomic E-state index is 11.9. The highest BCUT2D eigenvalue weighted by molar-refractivity contribution is 5.98. The number of rotatable bonds is 2. The molecule has 1 aliphatic rings. The third-order valence-corrected chi connectivity index (χ3v) is 2.57. The summed E-state index contributed by atoms with van der Waals surface area (Å²) in [5, 5.41) is 9.66. The third-order valence-electron chi connectivity index (χ3n) is 2.57. The summed E-state index contributed by atoms with van der Waals surface area (Å²) in [4.78, 5) is 13.3. The highest BCUT2D eigenvalue weighted by Gasteiger charge is 2.28. The van der Waals surface area contributed by atoms with Gasteiger partial charge in [0, 0.05) is 18.8 Å². The molecule has 0 aromatic heterocycles. The molecule has 1 aromatic carbocycles. The van der Waals surface area contributed by atoms with E-state index in [2.05, 4.69) is 0 Å². The fourth-order valence-corrected chi connectivity index (χ4v) is 1.62. The number of nitrogens with zero attached hydrogens (tertiary/aromatic N) is 1. The minimum absolute atomic E-state index is 0.196. The van der Waals surface area contributed by atoms with Crippen molar-refractivity contribution in [3.05, 3.63) is 18.2 Å². The molecule has 0 saturated heterocycles. The molecule has 1 aromatic rings. The smallest absolute Gasteiger partial charge is 0.258 e. The number of likely N-dealkylation sites (N-methyl/N-ethyl adjacent to an activating group) is 1. The highest BCUT2D eigenvalue weighted by Crippen LogP contribution is 2.35. The number of anilines is 1. The zero-order chi connectivity index (χ0) is 12.6. The Morgan fingerprint density at radius 2 is 2.00 bits per heavy atom. The molecule has 0 aliphatic carbocycles. The molecule has 5 heteroatoms. The van der Waals surface area contributed by atoms with E-state index in [-0.39, 0.29) is 12.7 Å². The topological polar surface area (TPSA) is 59.0 Å². The van der Waals surface area contributed by atoms with Crippen LogP contribution in [-0.4, -0.2) is 30.5 Å². The molecular weight excluding hydrogens is 222 g/mol. The molecule has 1 amide bonds. The lowest BCUT2D eigenvalue weighted by Gasteiger charge is -2.25. The van der Waals surface area contributed by atoms with E-state index in [9.17, 15) is 9.90 Å². The van der Waals surface area contributed by atoms with Gasteiger partial charge in [0.05, 0.1) is 0 Å². The van der Waals surface area contributed by atoms with Crippen LogP contribution in [0.1, 0.15) is 13.8 Å². The molecule has 0 atom stereocenters. The van der Waals surface area contributed by atoms with Gasteiger partial charge in [0.1, 0.15) is 5.60 Å². The number of ether oxygens (including phenoxy) is 2. The van der Waals surface area contributed by atoms with E-state index in [1.807, 2.05) is 0 Å². The summed E-state index contributed by atoms with van der Waals surface area (Å²) in [6.45, 7) is 3.11. The maximum atomic E-state index is 11.9. The number of fused-ring (bicyclic) bond motifs is 1. The van der Waals surface area contributed by atoms with Crippen LogP contribution in [0.5, 0.6) is 11.5 Å². The molecule has 1 aliphatic heterocycles. The Hall–Kier alpha value is -1.75. The molecule has 2 rings (SSSR count). The van der Waals surface area contributed by atoms with Crippen LogP contribution >= 0.6 is 0 Å². The summed E-state index contributed by atoms with van der Waals surface area (Å²) in [6.07, 6.45) is 0. The van der Waals surface area contributed by atoms with Crippen LogP contribution in [0, 0.1) is 0 Å². The summed E-state index contributed by atoms with van der Waals surface area (Å²) in [5.74, 6) is 0.895. The van der Waals surface area contributed by atoms with Crippen molar-refractivity contribution in [2.24, 2.45) is 0 Å². The van der Waals surface area contributed by atoms with Gasteiger partial charge < -0.3 is 19.5 Å². The Labute approximate surface area is 99.6 Å². The summed E-state index contributed by atoms with van der Waals surface area (Å²) in [5.41, 5.74) is -0.744. The van der Waals surface area contributed by atoms with Gasteiger partial charge >= 0.3 is 0 Å². The monoisotopic (exact) mass is 237 g/mol. The van der Waals surface area contributed by atoms with E-state index in [1.54, 1.807) is 25.2 Å². The van der Waals surface area contributed by atoms with Gasteiger partial charge in [0.2, 0.25) is 6.79 Å². The SMILES string of the molecule is CN(C(=O)C(C)(C)O)c1ccc2c(c1)OCO2. The minimum Gasteiger partial charge on any atom is -0.454 e. The molecular formula is C12H15NO4. The van der Waals surface area contributed by atoms with Crippen molar-refractivity contribution in [1.82, 2.24) is 0 Å². The van der Waals surface area contributed by atoms with Crippen LogP contribution in [0.3, 0.4) is 0 Å². The van der Waals surface area contributed by atoms with Crippen molar-refractivity contribution in [3.63, 3.8) is 0 Å². The number of carbonyl (C=O) groups is 1. The van der Waals surface area contributed by atoms with Gasteiger partial charge in [-0.25, -0.2) is 0 Å². The van der Waals surface area contributed by atoms with E-state index in [4.69, 9.17) is 9.47 Å². The first-order valence-corrected chi connectivity index (χ1v) is 5.30. The molecule has 0 saturated carbocycles. The van der Waals surface area contributed by atoms with Crippen molar-refractivity contribution in [2.45, 2.75) is 19.4 Å². The molecule has 1 heterocycles. The van der Waals surface area contributed by atoms with Gasteiger partial charge in [-0.15, -0.1) is 0 Å². The van der Waals surface area contributed by atoms with Gasteiger partial charge in [-0.3, -0.25) is 4.79 Å². The Bertz CT molecular complexity index is 450. The van der Waals surface area contributed by atoms with Crippen LogP contribution in [-0.2, 0) is 4.79 Å².